The fraction of sp³-hybridized carbons (Fsp3) is 0.526. The van der Waals surface area contributed by atoms with E-state index in [-0.39, 0.29) is 30.5 Å². The predicted molar refractivity (Wildman–Crippen MR) is 99.4 cm³/mol. The highest BCUT2D eigenvalue weighted by atomic mass is 16.6. The maximum atomic E-state index is 12.4. The summed E-state index contributed by atoms with van der Waals surface area (Å²) < 4.78 is 5.12. The molecule has 0 aromatic heterocycles. The second-order valence-electron chi connectivity index (χ2n) is 7.40. The van der Waals surface area contributed by atoms with Gasteiger partial charge < -0.3 is 25.0 Å². The smallest absolute Gasteiger partial charge is 0.407 e. The molecule has 0 aliphatic carbocycles. The summed E-state index contributed by atoms with van der Waals surface area (Å²) in [5.74, 6) is -0.188. The molecule has 148 valence electrons. The van der Waals surface area contributed by atoms with Crippen LogP contribution in [0.25, 0.3) is 0 Å². The summed E-state index contributed by atoms with van der Waals surface area (Å²) >= 11 is 0. The number of ether oxygens (including phenoxy) is 1. The second-order valence-corrected chi connectivity index (χ2v) is 7.40. The molecule has 2 rings (SSSR count). The molecule has 1 aromatic rings. The Balaban J connectivity index is 1.74. The molecule has 0 unspecified atom stereocenters. The van der Waals surface area contributed by atoms with Gasteiger partial charge in [-0.05, 0) is 39.0 Å². The van der Waals surface area contributed by atoms with Crippen molar-refractivity contribution < 1.29 is 24.2 Å². The number of phenolic OH excluding ortho intramolecular Hbond substituents is 1. The van der Waals surface area contributed by atoms with E-state index in [1.807, 2.05) is 0 Å². The van der Waals surface area contributed by atoms with E-state index in [1.165, 1.54) is 12.1 Å². The van der Waals surface area contributed by atoms with Crippen LogP contribution in [0.5, 0.6) is 5.75 Å². The highest BCUT2D eigenvalue weighted by Gasteiger charge is 2.25. The van der Waals surface area contributed by atoms with Crippen molar-refractivity contribution in [3.8, 4) is 5.75 Å². The van der Waals surface area contributed by atoms with Crippen LogP contribution in [0, 0.1) is 0 Å². The van der Waals surface area contributed by atoms with Crippen molar-refractivity contribution in [2.45, 2.75) is 32.8 Å². The molecule has 1 aliphatic heterocycles. The number of phenols is 1. The van der Waals surface area contributed by atoms with Crippen LogP contribution in [-0.4, -0.2) is 71.1 Å². The van der Waals surface area contributed by atoms with Crippen LogP contribution in [0.4, 0.5) is 4.79 Å². The molecule has 2 N–H and O–H groups in total. The first-order chi connectivity index (χ1) is 12.7. The minimum absolute atomic E-state index is 0.0483. The molecule has 27 heavy (non-hydrogen) atoms. The Bertz CT molecular complexity index is 691. The van der Waals surface area contributed by atoms with Crippen LogP contribution >= 0.6 is 0 Å². The normalized spacial score (nSPS) is 14.6. The lowest BCUT2D eigenvalue weighted by Crippen LogP contribution is -2.51. The monoisotopic (exact) mass is 377 g/mol. The minimum Gasteiger partial charge on any atom is -0.508 e. The van der Waals surface area contributed by atoms with Crippen LogP contribution in [0.1, 0.15) is 37.6 Å². The van der Waals surface area contributed by atoms with Crippen molar-refractivity contribution in [2.75, 3.05) is 32.7 Å². The van der Waals surface area contributed by atoms with E-state index < -0.39 is 11.7 Å². The maximum Gasteiger partial charge on any atom is 0.407 e. The van der Waals surface area contributed by atoms with Crippen molar-refractivity contribution in [2.24, 2.45) is 0 Å². The average molecular weight is 377 g/mol. The number of hydrogen-bond donors (Lipinski definition) is 2. The van der Waals surface area contributed by atoms with E-state index in [9.17, 15) is 19.5 Å². The first-order valence-electron chi connectivity index (χ1n) is 8.98. The van der Waals surface area contributed by atoms with Crippen LogP contribution in [0.3, 0.4) is 0 Å². The van der Waals surface area contributed by atoms with Gasteiger partial charge in [-0.15, -0.1) is 0 Å². The zero-order valence-corrected chi connectivity index (χ0v) is 16.0. The van der Waals surface area contributed by atoms with Gasteiger partial charge >= 0.3 is 6.09 Å². The van der Waals surface area contributed by atoms with Crippen molar-refractivity contribution in [1.29, 1.82) is 0 Å². The summed E-state index contributed by atoms with van der Waals surface area (Å²) in [4.78, 5) is 39.6. The largest absolute Gasteiger partial charge is 0.508 e. The van der Waals surface area contributed by atoms with Gasteiger partial charge in [0.1, 0.15) is 11.4 Å². The molecule has 0 radical (unpaired) electrons. The molecular formula is C19H27N3O5. The number of nitrogens with zero attached hydrogens (tertiary/aromatic N) is 2. The van der Waals surface area contributed by atoms with Gasteiger partial charge in [0.25, 0.3) is 5.91 Å². The first kappa shape index (κ1) is 20.5. The Kier molecular flexibility index (Phi) is 6.65. The van der Waals surface area contributed by atoms with Gasteiger partial charge in [-0.25, -0.2) is 4.79 Å². The molecule has 3 amide bonds. The van der Waals surface area contributed by atoms with E-state index in [0.717, 1.165) is 0 Å². The molecule has 1 saturated heterocycles. The lowest BCUT2D eigenvalue weighted by atomic mass is 10.1. The number of alkyl carbamates (subject to hydrolysis) is 1. The molecule has 1 aromatic carbocycles. The zero-order chi connectivity index (χ0) is 20.0. The quantitative estimate of drug-likeness (QED) is 0.830. The van der Waals surface area contributed by atoms with E-state index in [0.29, 0.717) is 31.7 Å². The van der Waals surface area contributed by atoms with Crippen LogP contribution in [-0.2, 0) is 9.53 Å². The first-order valence-corrected chi connectivity index (χ1v) is 8.98. The molecule has 0 atom stereocenters. The van der Waals surface area contributed by atoms with E-state index in [4.69, 9.17) is 4.74 Å². The maximum absolute atomic E-state index is 12.4. The molecule has 0 spiro atoms. The minimum atomic E-state index is -0.577. The SMILES string of the molecule is CC(C)(C)OC(=O)NCCC(=O)N1CCN(C(=O)c2cccc(O)c2)CC1. The average Bonchev–Trinajstić information content (AvgIpc) is 2.59. The van der Waals surface area contributed by atoms with Crippen LogP contribution < -0.4 is 5.32 Å². The van der Waals surface area contributed by atoms with Gasteiger partial charge in [0.05, 0.1) is 0 Å². The van der Waals surface area contributed by atoms with E-state index in [1.54, 1.807) is 42.7 Å². The molecule has 0 bridgehead atoms. The van der Waals surface area contributed by atoms with E-state index in [2.05, 4.69) is 5.32 Å². The number of carbonyl (C=O) groups excluding carboxylic acids is 3. The lowest BCUT2D eigenvalue weighted by molar-refractivity contribution is -0.132. The van der Waals surface area contributed by atoms with Gasteiger partial charge in [-0.2, -0.15) is 0 Å². The lowest BCUT2D eigenvalue weighted by Gasteiger charge is -2.35. The fourth-order valence-electron chi connectivity index (χ4n) is 2.72. The fourth-order valence-corrected chi connectivity index (χ4v) is 2.72. The molecule has 8 heteroatoms. The number of rotatable bonds is 4. The standard InChI is InChI=1S/C19H27N3O5/c1-19(2,3)27-18(26)20-8-7-16(24)21-9-11-22(12-10-21)17(25)14-5-4-6-15(23)13-14/h4-6,13,23H,7-12H2,1-3H3,(H,20,26). The summed E-state index contributed by atoms with van der Waals surface area (Å²) in [6.07, 6.45) is -0.364. The number of hydrogen-bond acceptors (Lipinski definition) is 5. The Morgan fingerprint density at radius 2 is 1.74 bits per heavy atom. The van der Waals surface area contributed by atoms with Crippen LogP contribution in [0.15, 0.2) is 24.3 Å². The van der Waals surface area contributed by atoms with Crippen molar-refractivity contribution in [3.63, 3.8) is 0 Å². The molecule has 1 aliphatic rings. The van der Waals surface area contributed by atoms with Gasteiger partial charge in [-0.1, -0.05) is 6.07 Å². The number of amides is 3. The highest BCUT2D eigenvalue weighted by molar-refractivity contribution is 5.94. The number of benzene rings is 1. The number of carbonyl (C=O) groups is 3. The van der Waals surface area contributed by atoms with E-state index >= 15 is 0 Å². The topological polar surface area (TPSA) is 99.2 Å². The number of aromatic hydroxyl groups is 1. The van der Waals surface area contributed by atoms with Gasteiger partial charge in [0, 0.05) is 44.7 Å². The van der Waals surface area contributed by atoms with Crippen molar-refractivity contribution in [1.82, 2.24) is 15.1 Å². The summed E-state index contributed by atoms with van der Waals surface area (Å²) in [6, 6.07) is 6.23. The third kappa shape index (κ3) is 6.47. The molecular weight excluding hydrogens is 350 g/mol. The summed E-state index contributed by atoms with van der Waals surface area (Å²) in [7, 11) is 0. The summed E-state index contributed by atoms with van der Waals surface area (Å²) in [5, 5.41) is 12.1. The van der Waals surface area contributed by atoms with Gasteiger partial charge in [-0.3, -0.25) is 9.59 Å². The third-order valence-corrected chi connectivity index (χ3v) is 4.02. The Hall–Kier alpha value is -2.77. The Morgan fingerprint density at radius 1 is 1.11 bits per heavy atom. The summed E-state index contributed by atoms with van der Waals surface area (Å²) in [6.45, 7) is 7.27. The zero-order valence-electron chi connectivity index (χ0n) is 16.0. The molecule has 8 nitrogen and oxygen atoms in total. The van der Waals surface area contributed by atoms with Crippen LogP contribution in [0.2, 0.25) is 0 Å². The Labute approximate surface area is 159 Å². The number of piperazine rings is 1. The Morgan fingerprint density at radius 3 is 2.33 bits per heavy atom. The summed E-state index contributed by atoms with van der Waals surface area (Å²) in [5.41, 5.74) is -0.150. The predicted octanol–water partition coefficient (Wildman–Crippen LogP) is 1.59. The van der Waals surface area contributed by atoms with Crippen molar-refractivity contribution >= 4 is 17.9 Å². The number of nitrogens with one attached hydrogen (secondary N) is 1. The van der Waals surface area contributed by atoms with Gasteiger partial charge in [0.15, 0.2) is 0 Å². The highest BCUT2D eigenvalue weighted by Crippen LogP contribution is 2.14. The second kappa shape index (κ2) is 8.75. The molecule has 0 saturated carbocycles. The molecule has 1 fully saturated rings. The molecule has 1 heterocycles. The van der Waals surface area contributed by atoms with Crippen molar-refractivity contribution in [3.05, 3.63) is 29.8 Å². The third-order valence-electron chi connectivity index (χ3n) is 4.02. The van der Waals surface area contributed by atoms with Gasteiger partial charge in [0.2, 0.25) is 5.91 Å².